The van der Waals surface area contributed by atoms with Gasteiger partial charge in [0.15, 0.2) is 0 Å². The molecule has 2 rings (SSSR count). The van der Waals surface area contributed by atoms with Gasteiger partial charge in [-0.3, -0.25) is 5.14 Å². The molecule has 20 heavy (non-hydrogen) atoms. The minimum atomic E-state index is -1.45. The number of fused-ring (bicyclic) bond motifs is 1. The molecule has 0 amide bonds. The van der Waals surface area contributed by atoms with Gasteiger partial charge in [0.2, 0.25) is 0 Å². The van der Waals surface area contributed by atoms with Crippen LogP contribution < -0.4 is 5.14 Å². The zero-order valence-corrected chi connectivity index (χ0v) is 12.9. The van der Waals surface area contributed by atoms with Gasteiger partial charge < -0.3 is 9.52 Å². The maximum Gasteiger partial charge on any atom is 0.134 e. The van der Waals surface area contributed by atoms with E-state index in [4.69, 9.17) is 9.56 Å². The fraction of sp³-hybridized carbons (Fsp3) is 0.467. The molecule has 2 atom stereocenters. The molecule has 0 fully saturated rings. The van der Waals surface area contributed by atoms with E-state index in [-0.39, 0.29) is 12.5 Å². The highest BCUT2D eigenvalue weighted by Crippen LogP contribution is 2.32. The Bertz CT molecular complexity index is 633. The Balaban J connectivity index is 2.32. The third-order valence-corrected chi connectivity index (χ3v) is 4.85. The quantitative estimate of drug-likeness (QED) is 0.890. The normalized spacial score (nSPS) is 15.4. The second-order valence-electron chi connectivity index (χ2n) is 5.83. The van der Waals surface area contributed by atoms with Crippen LogP contribution in [0.3, 0.4) is 0 Å². The van der Waals surface area contributed by atoms with Gasteiger partial charge in [-0.15, -0.1) is 0 Å². The zero-order valence-electron chi connectivity index (χ0n) is 12.1. The van der Waals surface area contributed by atoms with E-state index in [0.717, 1.165) is 16.5 Å². The van der Waals surface area contributed by atoms with Gasteiger partial charge in [-0.25, -0.2) is 4.21 Å². The summed E-state index contributed by atoms with van der Waals surface area (Å²) in [4.78, 5) is 0. The van der Waals surface area contributed by atoms with E-state index >= 15 is 0 Å². The molecule has 0 spiro atoms. The van der Waals surface area contributed by atoms with Crippen molar-refractivity contribution in [2.45, 2.75) is 37.9 Å². The molecule has 3 N–H and O–H groups in total. The summed E-state index contributed by atoms with van der Waals surface area (Å²) in [5.41, 5.74) is 1.96. The van der Waals surface area contributed by atoms with Crippen LogP contribution >= 0.6 is 0 Å². The molecule has 0 aliphatic carbocycles. The Morgan fingerprint density at radius 2 is 2.10 bits per heavy atom. The van der Waals surface area contributed by atoms with Crippen LogP contribution in [-0.4, -0.2) is 20.7 Å². The van der Waals surface area contributed by atoms with Crippen molar-refractivity contribution in [3.63, 3.8) is 0 Å². The molecule has 0 aliphatic rings. The number of hydrogen-bond acceptors (Lipinski definition) is 3. The summed E-state index contributed by atoms with van der Waals surface area (Å²) < 4.78 is 16.8. The molecule has 110 valence electrons. The Kier molecular flexibility index (Phi) is 4.32. The summed E-state index contributed by atoms with van der Waals surface area (Å²) in [5.74, 6) is 0.511. The first-order chi connectivity index (χ1) is 9.33. The van der Waals surface area contributed by atoms with E-state index in [1.165, 1.54) is 0 Å². The SMILES string of the molecule is Cc1ccc2oc([C@@H](CO)CC(C)(C)S(N)=O)cc2c1. The van der Waals surface area contributed by atoms with Gasteiger partial charge >= 0.3 is 0 Å². The Morgan fingerprint density at radius 1 is 1.40 bits per heavy atom. The van der Waals surface area contributed by atoms with Gasteiger partial charge in [0.25, 0.3) is 0 Å². The number of rotatable bonds is 5. The van der Waals surface area contributed by atoms with Crippen LogP contribution in [0.1, 0.15) is 37.5 Å². The molecule has 5 heteroatoms. The predicted molar refractivity (Wildman–Crippen MR) is 81.8 cm³/mol. The van der Waals surface area contributed by atoms with Crippen molar-refractivity contribution < 1.29 is 13.7 Å². The maximum atomic E-state index is 11.5. The second-order valence-corrected chi connectivity index (χ2v) is 7.53. The van der Waals surface area contributed by atoms with Crippen molar-refractivity contribution >= 4 is 22.0 Å². The van der Waals surface area contributed by atoms with Crippen molar-refractivity contribution in [2.24, 2.45) is 5.14 Å². The number of furan rings is 1. The molecule has 0 saturated heterocycles. The van der Waals surface area contributed by atoms with E-state index in [0.29, 0.717) is 12.2 Å². The molecule has 2 aromatic rings. The molecule has 1 aromatic heterocycles. The van der Waals surface area contributed by atoms with E-state index < -0.39 is 15.7 Å². The highest BCUT2D eigenvalue weighted by Gasteiger charge is 2.30. The molecule has 1 unspecified atom stereocenters. The van der Waals surface area contributed by atoms with Crippen molar-refractivity contribution in [3.8, 4) is 0 Å². The molecular weight excluding hydrogens is 274 g/mol. The van der Waals surface area contributed by atoms with Crippen LogP contribution in [0.25, 0.3) is 11.0 Å². The molecule has 0 aliphatic heterocycles. The van der Waals surface area contributed by atoms with E-state index in [9.17, 15) is 9.32 Å². The van der Waals surface area contributed by atoms with Crippen molar-refractivity contribution in [1.82, 2.24) is 0 Å². The summed E-state index contributed by atoms with van der Waals surface area (Å²) in [7, 11) is -1.45. The summed E-state index contributed by atoms with van der Waals surface area (Å²) in [5, 5.41) is 16.1. The lowest BCUT2D eigenvalue weighted by Gasteiger charge is -2.25. The molecule has 4 nitrogen and oxygen atoms in total. The van der Waals surface area contributed by atoms with Crippen molar-refractivity contribution in [3.05, 3.63) is 35.6 Å². The lowest BCUT2D eigenvalue weighted by molar-refractivity contribution is 0.237. The number of benzene rings is 1. The van der Waals surface area contributed by atoms with Gasteiger partial charge in [-0.2, -0.15) is 0 Å². The third-order valence-electron chi connectivity index (χ3n) is 3.60. The molecule has 1 aromatic carbocycles. The summed E-state index contributed by atoms with van der Waals surface area (Å²) in [6.45, 7) is 5.63. The molecular formula is C15H21NO3S. The molecule has 1 heterocycles. The number of nitrogens with two attached hydrogens (primary N) is 1. The number of aliphatic hydroxyl groups is 1. The van der Waals surface area contributed by atoms with Gasteiger partial charge in [0, 0.05) is 11.3 Å². The molecule has 0 saturated carbocycles. The van der Waals surface area contributed by atoms with Gasteiger partial charge in [-0.1, -0.05) is 11.6 Å². The zero-order chi connectivity index (χ0) is 14.9. The second kappa shape index (κ2) is 5.68. The highest BCUT2D eigenvalue weighted by molar-refractivity contribution is 7.84. The minimum absolute atomic E-state index is 0.0561. The van der Waals surface area contributed by atoms with Crippen molar-refractivity contribution in [1.29, 1.82) is 0 Å². The minimum Gasteiger partial charge on any atom is -0.461 e. The van der Waals surface area contributed by atoms with Crippen LogP contribution in [0.5, 0.6) is 0 Å². The van der Waals surface area contributed by atoms with E-state index in [2.05, 4.69) is 0 Å². The Labute approximate surface area is 121 Å². The fourth-order valence-electron chi connectivity index (χ4n) is 2.32. The number of aryl methyl sites for hydroxylation is 1. The fourth-order valence-corrected chi connectivity index (χ4v) is 2.68. The van der Waals surface area contributed by atoms with E-state index in [1.807, 2.05) is 45.0 Å². The first-order valence-electron chi connectivity index (χ1n) is 6.61. The van der Waals surface area contributed by atoms with E-state index in [1.54, 1.807) is 0 Å². The number of aliphatic hydroxyl groups excluding tert-OH is 1. The maximum absolute atomic E-state index is 11.5. The summed E-state index contributed by atoms with van der Waals surface area (Å²) in [6, 6.07) is 7.90. The lowest BCUT2D eigenvalue weighted by atomic mass is 9.94. The van der Waals surface area contributed by atoms with Crippen molar-refractivity contribution in [2.75, 3.05) is 6.61 Å². The monoisotopic (exact) mass is 295 g/mol. The first kappa shape index (κ1) is 15.2. The smallest absolute Gasteiger partial charge is 0.134 e. The Morgan fingerprint density at radius 3 is 2.70 bits per heavy atom. The predicted octanol–water partition coefficient (Wildman–Crippen LogP) is 2.61. The molecule has 0 bridgehead atoms. The van der Waals surface area contributed by atoms with Crippen LogP contribution in [0.4, 0.5) is 0 Å². The topological polar surface area (TPSA) is 76.5 Å². The Hall–Kier alpha value is -1.17. The van der Waals surface area contributed by atoms with Crippen LogP contribution in [0.2, 0.25) is 0 Å². The van der Waals surface area contributed by atoms with Gasteiger partial charge in [-0.05, 0) is 45.4 Å². The number of hydrogen-bond donors (Lipinski definition) is 2. The average Bonchev–Trinajstić information content (AvgIpc) is 2.78. The lowest BCUT2D eigenvalue weighted by Crippen LogP contribution is -2.34. The van der Waals surface area contributed by atoms with Crippen LogP contribution in [-0.2, 0) is 11.0 Å². The summed E-state index contributed by atoms with van der Waals surface area (Å²) >= 11 is 0. The first-order valence-corrected chi connectivity index (χ1v) is 7.82. The van der Waals surface area contributed by atoms with Crippen LogP contribution in [0.15, 0.2) is 28.7 Å². The molecule has 0 radical (unpaired) electrons. The largest absolute Gasteiger partial charge is 0.461 e. The highest BCUT2D eigenvalue weighted by atomic mass is 32.2. The standard InChI is InChI=1S/C15H21NO3S/c1-10-4-5-13-11(6-10)7-14(19-13)12(9-17)8-15(2,3)20(16)18/h4-7,12,17H,8-9,16H2,1-3H3/t12-,20?/m1/s1. The average molecular weight is 295 g/mol. The van der Waals surface area contributed by atoms with Crippen LogP contribution in [0, 0.1) is 6.92 Å². The summed E-state index contributed by atoms with van der Waals surface area (Å²) in [6.07, 6.45) is 0.505. The van der Waals surface area contributed by atoms with Gasteiger partial charge in [0.1, 0.15) is 11.3 Å². The van der Waals surface area contributed by atoms with Gasteiger partial charge in [0.05, 0.1) is 22.3 Å². The third kappa shape index (κ3) is 3.11.